The largest absolute Gasteiger partial charge is 0.298 e. The zero-order valence-corrected chi connectivity index (χ0v) is 12.0. The van der Waals surface area contributed by atoms with E-state index in [1.54, 1.807) is 0 Å². The van der Waals surface area contributed by atoms with Crippen molar-refractivity contribution in [3.63, 3.8) is 0 Å². The van der Waals surface area contributed by atoms with Crippen molar-refractivity contribution >= 4 is 23.4 Å². The Bertz CT molecular complexity index is 578. The van der Waals surface area contributed by atoms with Crippen LogP contribution in [0.1, 0.15) is 0 Å². The molecule has 3 nitrogen and oxygen atoms in total. The molecule has 0 aliphatic rings. The van der Waals surface area contributed by atoms with Crippen LogP contribution in [0, 0.1) is 0 Å². The summed E-state index contributed by atoms with van der Waals surface area (Å²) in [5, 5.41) is 9.88. The third-order valence-electron chi connectivity index (χ3n) is 2.42. The Morgan fingerprint density at radius 3 is 2.68 bits per heavy atom. The Labute approximate surface area is 122 Å². The number of nitrogens with zero attached hydrogens (tertiary/aromatic N) is 3. The lowest BCUT2D eigenvalue weighted by Crippen LogP contribution is -2.00. The van der Waals surface area contributed by atoms with Crippen LogP contribution in [0.3, 0.4) is 0 Å². The van der Waals surface area contributed by atoms with E-state index in [2.05, 4.69) is 23.4 Å². The monoisotopic (exact) mass is 291 g/mol. The van der Waals surface area contributed by atoms with Crippen molar-refractivity contribution < 1.29 is 0 Å². The predicted octanol–water partition coefficient (Wildman–Crippen LogP) is 3.98. The summed E-state index contributed by atoms with van der Waals surface area (Å²) in [6.07, 6.45) is 1.83. The molecule has 0 saturated carbocycles. The minimum atomic E-state index is 0.597. The second-order valence-electron chi connectivity index (χ2n) is 3.88. The number of allylic oxidation sites excluding steroid dienone is 1. The SMILES string of the molecule is C=CCn1c(SCC(=C)Cl)nnc1-c1ccccc1. The molecule has 1 aromatic carbocycles. The Hall–Kier alpha value is -1.52. The summed E-state index contributed by atoms with van der Waals surface area (Å²) in [5.74, 6) is 1.45. The average molecular weight is 292 g/mol. The molecule has 0 atom stereocenters. The van der Waals surface area contributed by atoms with Gasteiger partial charge in [-0.2, -0.15) is 0 Å². The van der Waals surface area contributed by atoms with Crippen molar-refractivity contribution in [3.8, 4) is 11.4 Å². The maximum Gasteiger partial charge on any atom is 0.192 e. The van der Waals surface area contributed by atoms with Crippen molar-refractivity contribution in [1.82, 2.24) is 14.8 Å². The van der Waals surface area contributed by atoms with Crippen LogP contribution in [0.2, 0.25) is 0 Å². The highest BCUT2D eigenvalue weighted by Gasteiger charge is 2.13. The molecule has 0 spiro atoms. The number of hydrogen-bond donors (Lipinski definition) is 0. The first-order valence-corrected chi connectivity index (χ1v) is 7.14. The van der Waals surface area contributed by atoms with E-state index >= 15 is 0 Å². The molecule has 0 saturated heterocycles. The van der Waals surface area contributed by atoms with Crippen LogP contribution in [0.25, 0.3) is 11.4 Å². The number of thioether (sulfide) groups is 1. The molecule has 19 heavy (non-hydrogen) atoms. The maximum absolute atomic E-state index is 5.79. The number of halogens is 1. The van der Waals surface area contributed by atoms with E-state index in [1.165, 1.54) is 11.8 Å². The fourth-order valence-electron chi connectivity index (χ4n) is 1.63. The van der Waals surface area contributed by atoms with Gasteiger partial charge in [-0.1, -0.05) is 66.3 Å². The second kappa shape index (κ2) is 6.59. The highest BCUT2D eigenvalue weighted by atomic mass is 35.5. The van der Waals surface area contributed by atoms with Crippen LogP contribution < -0.4 is 0 Å². The van der Waals surface area contributed by atoms with Gasteiger partial charge in [-0.3, -0.25) is 4.57 Å². The van der Waals surface area contributed by atoms with E-state index in [0.29, 0.717) is 17.3 Å². The quantitative estimate of drug-likeness (QED) is 0.596. The van der Waals surface area contributed by atoms with Crippen LogP contribution in [-0.4, -0.2) is 20.5 Å². The molecule has 1 aromatic heterocycles. The van der Waals surface area contributed by atoms with E-state index in [9.17, 15) is 0 Å². The molecule has 0 aliphatic heterocycles. The Kier molecular flexibility index (Phi) is 4.82. The molecule has 0 aliphatic carbocycles. The van der Waals surface area contributed by atoms with Crippen molar-refractivity contribution in [2.75, 3.05) is 5.75 Å². The van der Waals surface area contributed by atoms with Gasteiger partial charge in [0, 0.05) is 22.9 Å². The van der Waals surface area contributed by atoms with Gasteiger partial charge in [0.2, 0.25) is 0 Å². The van der Waals surface area contributed by atoms with Crippen molar-refractivity contribution in [2.24, 2.45) is 0 Å². The minimum absolute atomic E-state index is 0.597. The lowest BCUT2D eigenvalue weighted by Gasteiger charge is -2.07. The molecule has 5 heteroatoms. The topological polar surface area (TPSA) is 30.7 Å². The van der Waals surface area contributed by atoms with E-state index in [-0.39, 0.29) is 0 Å². The lowest BCUT2D eigenvalue weighted by atomic mass is 10.2. The summed E-state index contributed by atoms with van der Waals surface area (Å²) in [6, 6.07) is 9.97. The van der Waals surface area contributed by atoms with Gasteiger partial charge in [-0.15, -0.1) is 16.8 Å². The van der Waals surface area contributed by atoms with E-state index < -0.39 is 0 Å². The predicted molar refractivity (Wildman–Crippen MR) is 81.4 cm³/mol. The molecule has 98 valence electrons. The molecular formula is C14H14ClN3S. The molecular weight excluding hydrogens is 278 g/mol. The molecule has 0 unspecified atom stereocenters. The van der Waals surface area contributed by atoms with Crippen LogP contribution in [0.4, 0.5) is 0 Å². The van der Waals surface area contributed by atoms with Crippen molar-refractivity contribution in [3.05, 3.63) is 54.6 Å². The minimum Gasteiger partial charge on any atom is -0.298 e. The third-order valence-corrected chi connectivity index (χ3v) is 3.76. The first kappa shape index (κ1) is 13.9. The number of hydrogen-bond acceptors (Lipinski definition) is 3. The highest BCUT2D eigenvalue weighted by molar-refractivity contribution is 7.99. The van der Waals surface area contributed by atoms with Gasteiger partial charge in [0.25, 0.3) is 0 Å². The number of benzene rings is 1. The molecule has 0 bridgehead atoms. The number of rotatable bonds is 6. The number of aromatic nitrogens is 3. The Morgan fingerprint density at radius 2 is 2.05 bits per heavy atom. The standard InChI is InChI=1S/C14H14ClN3S/c1-3-9-18-13(12-7-5-4-6-8-12)16-17-14(18)19-10-11(2)15/h3-8H,1-2,9-10H2. The van der Waals surface area contributed by atoms with Gasteiger partial charge in [-0.25, -0.2) is 0 Å². The van der Waals surface area contributed by atoms with E-state index in [4.69, 9.17) is 11.6 Å². The van der Waals surface area contributed by atoms with Gasteiger partial charge < -0.3 is 0 Å². The van der Waals surface area contributed by atoms with Gasteiger partial charge in [-0.05, 0) is 0 Å². The normalized spacial score (nSPS) is 10.4. The summed E-state index contributed by atoms with van der Waals surface area (Å²) >= 11 is 7.31. The smallest absolute Gasteiger partial charge is 0.192 e. The van der Waals surface area contributed by atoms with Crippen LogP contribution in [0.15, 0.2) is 59.8 Å². The fourth-order valence-corrected chi connectivity index (χ4v) is 2.50. The Balaban J connectivity index is 2.34. The maximum atomic E-state index is 5.79. The van der Waals surface area contributed by atoms with E-state index in [0.717, 1.165) is 16.5 Å². The van der Waals surface area contributed by atoms with Gasteiger partial charge in [0.05, 0.1) is 0 Å². The van der Waals surface area contributed by atoms with Crippen LogP contribution in [-0.2, 0) is 6.54 Å². The molecule has 0 fully saturated rings. The second-order valence-corrected chi connectivity index (χ2v) is 5.35. The zero-order valence-electron chi connectivity index (χ0n) is 10.4. The molecule has 2 rings (SSSR count). The first-order chi connectivity index (χ1) is 9.22. The van der Waals surface area contributed by atoms with E-state index in [1.807, 2.05) is 41.0 Å². The zero-order chi connectivity index (χ0) is 13.7. The highest BCUT2D eigenvalue weighted by Crippen LogP contribution is 2.25. The lowest BCUT2D eigenvalue weighted by molar-refractivity contribution is 0.732. The third kappa shape index (κ3) is 3.49. The summed E-state index contributed by atoms with van der Waals surface area (Å²) in [5.41, 5.74) is 1.04. The molecule has 2 aromatic rings. The molecule has 1 heterocycles. The average Bonchev–Trinajstić information content (AvgIpc) is 2.81. The van der Waals surface area contributed by atoms with Crippen molar-refractivity contribution in [1.29, 1.82) is 0 Å². The first-order valence-electron chi connectivity index (χ1n) is 5.78. The van der Waals surface area contributed by atoms with Crippen LogP contribution in [0.5, 0.6) is 0 Å². The summed E-state index contributed by atoms with van der Waals surface area (Å²) in [4.78, 5) is 0. The summed E-state index contributed by atoms with van der Waals surface area (Å²) in [6.45, 7) is 8.12. The fraction of sp³-hybridized carbons (Fsp3) is 0.143. The summed E-state index contributed by atoms with van der Waals surface area (Å²) in [7, 11) is 0. The van der Waals surface area contributed by atoms with Gasteiger partial charge in [0.15, 0.2) is 11.0 Å². The van der Waals surface area contributed by atoms with Gasteiger partial charge >= 0.3 is 0 Å². The van der Waals surface area contributed by atoms with Gasteiger partial charge in [0.1, 0.15) is 0 Å². The summed E-state index contributed by atoms with van der Waals surface area (Å²) < 4.78 is 2.02. The molecule has 0 amide bonds. The Morgan fingerprint density at radius 1 is 1.32 bits per heavy atom. The van der Waals surface area contributed by atoms with Crippen molar-refractivity contribution in [2.45, 2.75) is 11.7 Å². The molecule has 0 N–H and O–H groups in total. The van der Waals surface area contributed by atoms with Crippen LogP contribution >= 0.6 is 23.4 Å². The molecule has 0 radical (unpaired) electrons.